The van der Waals surface area contributed by atoms with Crippen molar-refractivity contribution in [2.24, 2.45) is 5.41 Å². The van der Waals surface area contributed by atoms with Crippen LogP contribution >= 0.6 is 0 Å². The first-order chi connectivity index (χ1) is 12.0. The summed E-state index contributed by atoms with van der Waals surface area (Å²) in [5.41, 5.74) is 0.780. The van der Waals surface area contributed by atoms with Gasteiger partial charge in [-0.2, -0.15) is 0 Å². The quantitative estimate of drug-likeness (QED) is 0.499. The standard InChI is InChI=1S/C21H30O4/c1-4-6-9-14-21(20(23)24-5-2)15-10-13-18(21)25-19(22)17-12-8-7-11-16(17)3/h7-8,11-12,18H,4-6,9-10,13-15H2,1-3H3. The van der Waals surface area contributed by atoms with Gasteiger partial charge in [-0.3, -0.25) is 4.79 Å². The average Bonchev–Trinajstić information content (AvgIpc) is 2.99. The van der Waals surface area contributed by atoms with Crippen LogP contribution in [0.2, 0.25) is 0 Å². The van der Waals surface area contributed by atoms with Gasteiger partial charge < -0.3 is 9.47 Å². The van der Waals surface area contributed by atoms with E-state index in [2.05, 4.69) is 6.92 Å². The normalized spacial score (nSPS) is 22.6. The summed E-state index contributed by atoms with van der Waals surface area (Å²) in [5.74, 6) is -0.541. The molecular weight excluding hydrogens is 316 g/mol. The number of hydrogen-bond acceptors (Lipinski definition) is 4. The maximum Gasteiger partial charge on any atom is 0.338 e. The zero-order valence-corrected chi connectivity index (χ0v) is 15.7. The molecule has 25 heavy (non-hydrogen) atoms. The second kappa shape index (κ2) is 9.02. The van der Waals surface area contributed by atoms with Crippen LogP contribution in [0.25, 0.3) is 0 Å². The summed E-state index contributed by atoms with van der Waals surface area (Å²) in [6.45, 7) is 6.21. The second-order valence-corrected chi connectivity index (χ2v) is 6.93. The first-order valence-corrected chi connectivity index (χ1v) is 9.49. The Morgan fingerprint density at radius 2 is 1.96 bits per heavy atom. The predicted molar refractivity (Wildman–Crippen MR) is 97.4 cm³/mol. The van der Waals surface area contributed by atoms with Crippen LogP contribution in [0.15, 0.2) is 24.3 Å². The molecule has 1 saturated carbocycles. The Labute approximate surface area is 150 Å². The van der Waals surface area contributed by atoms with E-state index < -0.39 is 11.5 Å². The van der Waals surface area contributed by atoms with Gasteiger partial charge in [0.1, 0.15) is 11.5 Å². The SMILES string of the molecule is CCCCCC1(C(=O)OCC)CCCC1OC(=O)c1ccccc1C. The molecular formula is C21H30O4. The number of unbranched alkanes of at least 4 members (excludes halogenated alkanes) is 2. The van der Waals surface area contributed by atoms with E-state index in [9.17, 15) is 9.59 Å². The molecule has 1 aromatic carbocycles. The third-order valence-electron chi connectivity index (χ3n) is 5.23. The Morgan fingerprint density at radius 3 is 2.64 bits per heavy atom. The smallest absolute Gasteiger partial charge is 0.338 e. The molecule has 1 aromatic rings. The third-order valence-corrected chi connectivity index (χ3v) is 5.23. The van der Waals surface area contributed by atoms with E-state index in [4.69, 9.17) is 9.47 Å². The highest BCUT2D eigenvalue weighted by molar-refractivity contribution is 5.91. The highest BCUT2D eigenvalue weighted by Crippen LogP contribution is 2.46. The number of esters is 2. The van der Waals surface area contributed by atoms with Gasteiger partial charge in [0.15, 0.2) is 0 Å². The second-order valence-electron chi connectivity index (χ2n) is 6.93. The van der Waals surface area contributed by atoms with Crippen LogP contribution in [0.3, 0.4) is 0 Å². The zero-order chi connectivity index (χ0) is 18.3. The molecule has 0 aliphatic heterocycles. The third kappa shape index (κ3) is 4.42. The fraction of sp³-hybridized carbons (Fsp3) is 0.619. The van der Waals surface area contributed by atoms with Crippen LogP contribution in [0.1, 0.15) is 74.7 Å². The molecule has 1 aliphatic carbocycles. The van der Waals surface area contributed by atoms with E-state index in [1.165, 1.54) is 0 Å². The summed E-state index contributed by atoms with van der Waals surface area (Å²) >= 11 is 0. The van der Waals surface area contributed by atoms with E-state index in [0.29, 0.717) is 12.2 Å². The lowest BCUT2D eigenvalue weighted by molar-refractivity contribution is -0.162. The van der Waals surface area contributed by atoms with E-state index in [0.717, 1.165) is 50.5 Å². The van der Waals surface area contributed by atoms with Crippen molar-refractivity contribution in [3.8, 4) is 0 Å². The van der Waals surface area contributed by atoms with E-state index in [-0.39, 0.29) is 11.9 Å². The number of carbonyl (C=O) groups excluding carboxylic acids is 2. The van der Waals surface area contributed by atoms with Crippen molar-refractivity contribution in [1.82, 2.24) is 0 Å². The van der Waals surface area contributed by atoms with Gasteiger partial charge in [0, 0.05) is 0 Å². The number of hydrogen-bond donors (Lipinski definition) is 0. The molecule has 0 amide bonds. The molecule has 0 heterocycles. The number of ether oxygens (including phenoxy) is 2. The van der Waals surface area contributed by atoms with Gasteiger partial charge in [-0.15, -0.1) is 0 Å². The molecule has 1 aliphatic rings. The highest BCUT2D eigenvalue weighted by Gasteiger charge is 2.51. The van der Waals surface area contributed by atoms with E-state index >= 15 is 0 Å². The predicted octanol–water partition coefficient (Wildman–Crippen LogP) is 4.83. The lowest BCUT2D eigenvalue weighted by Crippen LogP contribution is -2.42. The van der Waals surface area contributed by atoms with Crippen LogP contribution in [0, 0.1) is 12.3 Å². The Kier molecular flexibility index (Phi) is 7.03. The summed E-state index contributed by atoms with van der Waals surface area (Å²) in [6.07, 6.45) is 5.79. The molecule has 0 radical (unpaired) electrons. The molecule has 138 valence electrons. The van der Waals surface area contributed by atoms with E-state index in [1.807, 2.05) is 32.0 Å². The van der Waals surface area contributed by atoms with Crippen molar-refractivity contribution in [3.05, 3.63) is 35.4 Å². The first-order valence-electron chi connectivity index (χ1n) is 9.49. The molecule has 0 aromatic heterocycles. The van der Waals surface area contributed by atoms with Crippen LogP contribution in [-0.2, 0) is 14.3 Å². The van der Waals surface area contributed by atoms with Crippen molar-refractivity contribution < 1.29 is 19.1 Å². The van der Waals surface area contributed by atoms with Crippen molar-refractivity contribution in [3.63, 3.8) is 0 Å². The van der Waals surface area contributed by atoms with Gasteiger partial charge in [-0.05, 0) is 51.2 Å². The van der Waals surface area contributed by atoms with Crippen molar-refractivity contribution in [2.75, 3.05) is 6.61 Å². The maximum atomic E-state index is 12.7. The Balaban J connectivity index is 2.19. The largest absolute Gasteiger partial charge is 0.465 e. The minimum atomic E-state index is -0.677. The lowest BCUT2D eigenvalue weighted by atomic mass is 9.79. The highest BCUT2D eigenvalue weighted by atomic mass is 16.6. The maximum absolute atomic E-state index is 12.7. The van der Waals surface area contributed by atoms with Crippen LogP contribution < -0.4 is 0 Å². The minimum Gasteiger partial charge on any atom is -0.465 e. The van der Waals surface area contributed by atoms with E-state index in [1.54, 1.807) is 6.07 Å². The molecule has 2 unspecified atom stereocenters. The number of carbonyl (C=O) groups is 2. The van der Waals surface area contributed by atoms with Crippen molar-refractivity contribution >= 4 is 11.9 Å². The number of aryl methyl sites for hydroxylation is 1. The summed E-state index contributed by atoms with van der Waals surface area (Å²) in [5, 5.41) is 0. The van der Waals surface area contributed by atoms with Gasteiger partial charge in [0.05, 0.1) is 12.2 Å². The van der Waals surface area contributed by atoms with Gasteiger partial charge in [-0.25, -0.2) is 4.79 Å². The Bertz CT molecular complexity index is 595. The summed E-state index contributed by atoms with van der Waals surface area (Å²) < 4.78 is 11.2. The molecule has 1 fully saturated rings. The molecule has 0 N–H and O–H groups in total. The fourth-order valence-electron chi connectivity index (χ4n) is 3.79. The van der Waals surface area contributed by atoms with Crippen LogP contribution in [-0.4, -0.2) is 24.6 Å². The number of benzene rings is 1. The molecule has 4 nitrogen and oxygen atoms in total. The van der Waals surface area contributed by atoms with Crippen molar-refractivity contribution in [2.45, 2.75) is 71.8 Å². The van der Waals surface area contributed by atoms with Gasteiger partial charge in [0.2, 0.25) is 0 Å². The molecule has 2 rings (SSSR count). The molecule has 0 saturated heterocycles. The topological polar surface area (TPSA) is 52.6 Å². The molecule has 0 bridgehead atoms. The van der Waals surface area contributed by atoms with Crippen molar-refractivity contribution in [1.29, 1.82) is 0 Å². The Hall–Kier alpha value is -1.84. The first kappa shape index (κ1) is 19.5. The number of rotatable bonds is 8. The summed E-state index contributed by atoms with van der Waals surface area (Å²) in [7, 11) is 0. The average molecular weight is 346 g/mol. The fourth-order valence-corrected chi connectivity index (χ4v) is 3.79. The monoisotopic (exact) mass is 346 g/mol. The molecule has 4 heteroatoms. The summed E-state index contributed by atoms with van der Waals surface area (Å²) in [6, 6.07) is 7.40. The Morgan fingerprint density at radius 1 is 1.20 bits per heavy atom. The van der Waals surface area contributed by atoms with Gasteiger partial charge in [0.25, 0.3) is 0 Å². The van der Waals surface area contributed by atoms with Crippen LogP contribution in [0.5, 0.6) is 0 Å². The zero-order valence-electron chi connectivity index (χ0n) is 15.7. The molecule has 2 atom stereocenters. The van der Waals surface area contributed by atoms with Gasteiger partial charge in [-0.1, -0.05) is 44.4 Å². The molecule has 0 spiro atoms. The summed E-state index contributed by atoms with van der Waals surface area (Å²) in [4.78, 5) is 25.4. The minimum absolute atomic E-state index is 0.203. The van der Waals surface area contributed by atoms with Gasteiger partial charge >= 0.3 is 11.9 Å². The van der Waals surface area contributed by atoms with Crippen LogP contribution in [0.4, 0.5) is 0 Å². The lowest BCUT2D eigenvalue weighted by Gasteiger charge is -2.33.